The second kappa shape index (κ2) is 72.3. The molecule has 0 saturated heterocycles. The van der Waals surface area contributed by atoms with Gasteiger partial charge in [0.2, 0.25) is 5.91 Å². The topological polar surface area (TPSA) is 95.9 Å². The normalized spacial score (nSPS) is 12.8. The fourth-order valence-corrected chi connectivity index (χ4v) is 11.6. The summed E-state index contributed by atoms with van der Waals surface area (Å²) in [5, 5.41) is 23.1. The molecule has 0 aliphatic carbocycles. The molecule has 2 unspecified atom stereocenters. The first-order chi connectivity index (χ1) is 41.0. The van der Waals surface area contributed by atoms with Crippen molar-refractivity contribution in [1.29, 1.82) is 0 Å². The van der Waals surface area contributed by atoms with Gasteiger partial charge in [-0.25, -0.2) is 0 Å². The van der Waals surface area contributed by atoms with Crippen molar-refractivity contribution in [2.75, 3.05) is 13.2 Å². The molecule has 0 radical (unpaired) electrons. The van der Waals surface area contributed by atoms with Crippen LogP contribution in [0.4, 0.5) is 0 Å². The first kappa shape index (κ1) is 80.8. The Morgan fingerprint density at radius 1 is 0.337 bits per heavy atom. The van der Waals surface area contributed by atoms with Crippen molar-refractivity contribution in [3.8, 4) is 0 Å². The van der Waals surface area contributed by atoms with E-state index in [1.165, 1.54) is 327 Å². The summed E-state index contributed by atoms with van der Waals surface area (Å²) < 4.78 is 5.49. The quantitative estimate of drug-likeness (QED) is 0.0320. The number of carbonyl (C=O) groups is 2. The standard InChI is InChI=1S/C77H145NO5/c1-3-5-7-9-11-13-15-17-43-47-51-55-59-63-67-71-77(82)83-72-68-64-60-56-52-48-45-42-40-38-36-34-32-30-28-26-24-22-20-18-19-21-23-25-27-29-31-33-35-37-39-41-44-46-50-54-58-62-66-70-76(81)78-74(73-79)75(80)69-65-61-57-53-49-16-14-12-10-8-6-4-2/h11,13,17-19,43,65,69,74-75,79-80H,3-10,12,14-16,20-42,44-64,66-68,70-73H2,1-2H3,(H,78,81)/b13-11-,19-18-,43-17-,69-65+. The van der Waals surface area contributed by atoms with E-state index < -0.39 is 12.1 Å². The minimum atomic E-state index is -0.840. The molecule has 0 aromatic rings. The van der Waals surface area contributed by atoms with Crippen molar-refractivity contribution in [2.45, 2.75) is 418 Å². The van der Waals surface area contributed by atoms with E-state index >= 15 is 0 Å². The second-order valence-corrected chi connectivity index (χ2v) is 25.6. The fraction of sp³-hybridized carbons (Fsp3) is 0.870. The maximum Gasteiger partial charge on any atom is 0.305 e. The summed E-state index contributed by atoms with van der Waals surface area (Å²) in [7, 11) is 0. The lowest BCUT2D eigenvalue weighted by atomic mass is 10.0. The summed E-state index contributed by atoms with van der Waals surface area (Å²) in [6.45, 7) is 4.89. The van der Waals surface area contributed by atoms with Crippen LogP contribution >= 0.6 is 0 Å². The number of aliphatic hydroxyl groups excluding tert-OH is 2. The van der Waals surface area contributed by atoms with E-state index in [9.17, 15) is 19.8 Å². The molecule has 488 valence electrons. The maximum atomic E-state index is 12.5. The van der Waals surface area contributed by atoms with Crippen molar-refractivity contribution in [3.05, 3.63) is 48.6 Å². The Bertz CT molecular complexity index is 1390. The van der Waals surface area contributed by atoms with Crippen LogP contribution in [0, 0.1) is 0 Å². The van der Waals surface area contributed by atoms with Crippen LogP contribution < -0.4 is 5.32 Å². The van der Waals surface area contributed by atoms with Crippen LogP contribution in [-0.4, -0.2) is 47.4 Å². The van der Waals surface area contributed by atoms with Crippen LogP contribution in [-0.2, 0) is 14.3 Å². The van der Waals surface area contributed by atoms with Crippen LogP contribution in [0.15, 0.2) is 48.6 Å². The van der Waals surface area contributed by atoms with Crippen molar-refractivity contribution in [1.82, 2.24) is 5.32 Å². The monoisotopic (exact) mass is 1160 g/mol. The number of esters is 1. The number of rotatable bonds is 70. The van der Waals surface area contributed by atoms with Gasteiger partial charge in [0.25, 0.3) is 0 Å². The second-order valence-electron chi connectivity index (χ2n) is 25.6. The van der Waals surface area contributed by atoms with Gasteiger partial charge in [-0.15, -0.1) is 0 Å². The van der Waals surface area contributed by atoms with Crippen LogP contribution in [0.1, 0.15) is 406 Å². The van der Waals surface area contributed by atoms with Crippen LogP contribution in [0.5, 0.6) is 0 Å². The predicted molar refractivity (Wildman–Crippen MR) is 366 cm³/mol. The number of carbonyl (C=O) groups excluding carboxylic acids is 2. The van der Waals surface area contributed by atoms with Crippen molar-refractivity contribution < 1.29 is 24.5 Å². The van der Waals surface area contributed by atoms with Crippen LogP contribution in [0.2, 0.25) is 0 Å². The SMILES string of the molecule is CCCCC/C=C\C/C=C\CCCCCCCC(=O)OCCCCCCCCCCCCCCCCCCCC/C=C\CCCCCCCCCCCCCCCCCCCC(=O)NC(CO)C(O)/C=C/CCCCCCCCCCCC. The van der Waals surface area contributed by atoms with Crippen molar-refractivity contribution in [3.63, 3.8) is 0 Å². The van der Waals surface area contributed by atoms with Gasteiger partial charge in [-0.1, -0.05) is 351 Å². The molecule has 0 heterocycles. The van der Waals surface area contributed by atoms with E-state index in [1.807, 2.05) is 6.08 Å². The van der Waals surface area contributed by atoms with Gasteiger partial charge in [-0.3, -0.25) is 9.59 Å². The largest absolute Gasteiger partial charge is 0.466 e. The molecule has 0 rings (SSSR count). The molecule has 0 spiro atoms. The van der Waals surface area contributed by atoms with Gasteiger partial charge in [0.15, 0.2) is 0 Å². The van der Waals surface area contributed by atoms with Gasteiger partial charge < -0.3 is 20.3 Å². The lowest BCUT2D eigenvalue weighted by Crippen LogP contribution is -2.45. The van der Waals surface area contributed by atoms with Gasteiger partial charge in [0.1, 0.15) is 0 Å². The maximum absolute atomic E-state index is 12.5. The molecule has 6 nitrogen and oxygen atoms in total. The molecule has 6 heteroatoms. The molecule has 0 saturated carbocycles. The van der Waals surface area contributed by atoms with E-state index in [-0.39, 0.29) is 18.5 Å². The average Bonchev–Trinajstić information content (AvgIpc) is 3.49. The highest BCUT2D eigenvalue weighted by Gasteiger charge is 2.18. The Balaban J connectivity index is 3.32. The van der Waals surface area contributed by atoms with Gasteiger partial charge in [0.05, 0.1) is 25.4 Å². The molecule has 0 aliphatic heterocycles. The third-order valence-corrected chi connectivity index (χ3v) is 17.3. The Hall–Kier alpha value is -2.18. The number of hydrogen-bond donors (Lipinski definition) is 3. The van der Waals surface area contributed by atoms with Crippen molar-refractivity contribution >= 4 is 11.9 Å². The number of hydrogen-bond acceptors (Lipinski definition) is 5. The molecule has 0 aromatic carbocycles. The molecular weight excluding hydrogens is 1020 g/mol. The minimum Gasteiger partial charge on any atom is -0.466 e. The summed E-state index contributed by atoms with van der Waals surface area (Å²) in [5.74, 6) is -0.0546. The lowest BCUT2D eigenvalue weighted by molar-refractivity contribution is -0.143. The summed E-state index contributed by atoms with van der Waals surface area (Å²) in [6, 6.07) is -0.624. The molecule has 2 atom stereocenters. The Morgan fingerprint density at radius 3 is 0.952 bits per heavy atom. The highest BCUT2D eigenvalue weighted by atomic mass is 16.5. The highest BCUT2D eigenvalue weighted by molar-refractivity contribution is 5.76. The number of amides is 1. The summed E-state index contributed by atoms with van der Waals surface area (Å²) in [6.07, 6.45) is 95.2. The van der Waals surface area contributed by atoms with E-state index in [0.29, 0.717) is 19.4 Å². The number of aliphatic hydroxyl groups is 2. The molecule has 0 aliphatic rings. The number of ether oxygens (including phenoxy) is 1. The average molecular weight is 1170 g/mol. The van der Waals surface area contributed by atoms with Gasteiger partial charge >= 0.3 is 5.97 Å². The van der Waals surface area contributed by atoms with Crippen LogP contribution in [0.3, 0.4) is 0 Å². The predicted octanol–water partition coefficient (Wildman–Crippen LogP) is 24.4. The minimum absolute atomic E-state index is 0.00833. The smallest absolute Gasteiger partial charge is 0.305 e. The molecule has 0 fully saturated rings. The van der Waals surface area contributed by atoms with E-state index in [2.05, 4.69) is 55.6 Å². The number of allylic oxidation sites excluding steroid dienone is 7. The zero-order chi connectivity index (χ0) is 59.9. The van der Waals surface area contributed by atoms with Gasteiger partial charge in [0, 0.05) is 12.8 Å². The third kappa shape index (κ3) is 68.8. The van der Waals surface area contributed by atoms with Gasteiger partial charge in [-0.05, 0) is 89.9 Å². The third-order valence-electron chi connectivity index (χ3n) is 17.3. The molecule has 3 N–H and O–H groups in total. The molecule has 1 amide bonds. The van der Waals surface area contributed by atoms with E-state index in [0.717, 1.165) is 51.4 Å². The Morgan fingerprint density at radius 2 is 0.602 bits per heavy atom. The van der Waals surface area contributed by atoms with Crippen LogP contribution in [0.25, 0.3) is 0 Å². The fourth-order valence-electron chi connectivity index (χ4n) is 11.6. The Kier molecular flexibility index (Phi) is 70.4. The van der Waals surface area contributed by atoms with Gasteiger partial charge in [-0.2, -0.15) is 0 Å². The summed E-state index contributed by atoms with van der Waals surface area (Å²) in [4.78, 5) is 24.5. The molecule has 0 aromatic heterocycles. The lowest BCUT2D eigenvalue weighted by Gasteiger charge is -2.20. The first-order valence-electron chi connectivity index (χ1n) is 37.4. The summed E-state index contributed by atoms with van der Waals surface area (Å²) in [5.41, 5.74) is 0. The zero-order valence-corrected chi connectivity index (χ0v) is 55.9. The Labute approximate surface area is 518 Å². The molecule has 0 bridgehead atoms. The first-order valence-corrected chi connectivity index (χ1v) is 37.4. The van der Waals surface area contributed by atoms with E-state index in [1.54, 1.807) is 6.08 Å². The summed E-state index contributed by atoms with van der Waals surface area (Å²) >= 11 is 0. The van der Waals surface area contributed by atoms with Crippen molar-refractivity contribution in [2.24, 2.45) is 0 Å². The number of nitrogens with one attached hydrogen (secondary N) is 1. The highest BCUT2D eigenvalue weighted by Crippen LogP contribution is 2.19. The number of unbranched alkanes of at least 4 members (excludes halogenated alkanes) is 53. The zero-order valence-electron chi connectivity index (χ0n) is 55.9. The molecule has 83 heavy (non-hydrogen) atoms. The molecular formula is C77H145NO5. The van der Waals surface area contributed by atoms with E-state index in [4.69, 9.17) is 4.74 Å².